The minimum absolute atomic E-state index is 0.685. The largest absolute Gasteiger partial charge is 0.355 e. The lowest BCUT2D eigenvalue weighted by Gasteiger charge is -2.16. The molecule has 7 heteroatoms. The van der Waals surface area contributed by atoms with E-state index in [1.807, 2.05) is 12.1 Å². The van der Waals surface area contributed by atoms with Gasteiger partial charge in [0.05, 0.1) is 0 Å². The Bertz CT molecular complexity index is 512. The molecule has 0 amide bonds. The molecular formula is C10H13BrN6. The molecule has 0 N–H and O–H groups in total. The van der Waals surface area contributed by atoms with Gasteiger partial charge in [-0.3, -0.25) is 0 Å². The monoisotopic (exact) mass is 296 g/mol. The molecule has 1 aliphatic heterocycles. The zero-order chi connectivity index (χ0) is 11.7. The summed E-state index contributed by atoms with van der Waals surface area (Å²) in [4.78, 5) is 2.30. The summed E-state index contributed by atoms with van der Waals surface area (Å²) < 4.78 is 1.48. The number of hydrogen-bond donors (Lipinski definition) is 0. The van der Waals surface area contributed by atoms with Crippen molar-refractivity contribution in [3.05, 3.63) is 12.1 Å². The number of hydrogen-bond acceptors (Lipinski definition) is 5. The van der Waals surface area contributed by atoms with Crippen molar-refractivity contribution in [2.75, 3.05) is 23.3 Å². The van der Waals surface area contributed by atoms with E-state index < -0.39 is 0 Å². The Morgan fingerprint density at radius 1 is 1.41 bits per heavy atom. The van der Waals surface area contributed by atoms with Crippen LogP contribution in [-0.2, 0) is 0 Å². The van der Waals surface area contributed by atoms with Gasteiger partial charge in [-0.15, -0.1) is 14.8 Å². The number of fused-ring (bicyclic) bond motifs is 1. The van der Waals surface area contributed by atoms with E-state index in [2.05, 4.69) is 41.5 Å². The number of rotatable bonds is 3. The van der Waals surface area contributed by atoms with Crippen LogP contribution >= 0.6 is 15.9 Å². The minimum atomic E-state index is 0.685. The number of tetrazole rings is 1. The second-order valence-corrected chi connectivity index (χ2v) is 5.09. The topological polar surface area (TPSA) is 59.2 Å². The third-order valence-electron chi connectivity index (χ3n) is 3.18. The van der Waals surface area contributed by atoms with Gasteiger partial charge >= 0.3 is 0 Å². The molecule has 1 atom stereocenters. The van der Waals surface area contributed by atoms with Crippen LogP contribution in [0.3, 0.4) is 0 Å². The van der Waals surface area contributed by atoms with E-state index in [9.17, 15) is 0 Å². The van der Waals surface area contributed by atoms with E-state index in [4.69, 9.17) is 0 Å². The van der Waals surface area contributed by atoms with Crippen molar-refractivity contribution in [2.24, 2.45) is 5.92 Å². The van der Waals surface area contributed by atoms with Gasteiger partial charge in [-0.25, -0.2) is 0 Å². The Kier molecular flexibility index (Phi) is 2.92. The molecule has 1 unspecified atom stereocenters. The fourth-order valence-corrected chi connectivity index (χ4v) is 2.89. The van der Waals surface area contributed by atoms with Crippen molar-refractivity contribution in [3.8, 4) is 0 Å². The molecular weight excluding hydrogens is 284 g/mol. The predicted octanol–water partition coefficient (Wildman–Crippen LogP) is 1.13. The van der Waals surface area contributed by atoms with Crippen LogP contribution in [0.5, 0.6) is 0 Å². The predicted molar refractivity (Wildman–Crippen MR) is 67.3 cm³/mol. The van der Waals surface area contributed by atoms with Gasteiger partial charge in [0.25, 0.3) is 0 Å². The highest BCUT2D eigenvalue weighted by Gasteiger charge is 2.23. The lowest BCUT2D eigenvalue weighted by Crippen LogP contribution is -2.21. The highest BCUT2D eigenvalue weighted by molar-refractivity contribution is 9.09. The molecule has 2 aromatic rings. The molecule has 0 radical (unpaired) electrons. The zero-order valence-electron chi connectivity index (χ0n) is 9.33. The first-order valence-electron chi connectivity index (χ1n) is 5.73. The highest BCUT2D eigenvalue weighted by Crippen LogP contribution is 2.24. The van der Waals surface area contributed by atoms with Crippen LogP contribution < -0.4 is 4.90 Å². The lowest BCUT2D eigenvalue weighted by molar-refractivity contribution is 0.575. The van der Waals surface area contributed by atoms with E-state index in [0.29, 0.717) is 5.65 Å². The van der Waals surface area contributed by atoms with Gasteiger partial charge in [-0.2, -0.15) is 0 Å². The molecule has 90 valence electrons. The van der Waals surface area contributed by atoms with E-state index in [0.717, 1.165) is 30.2 Å². The maximum atomic E-state index is 4.41. The average molecular weight is 297 g/mol. The Morgan fingerprint density at radius 3 is 3.24 bits per heavy atom. The molecule has 3 rings (SSSR count). The molecule has 6 nitrogen and oxygen atoms in total. The van der Waals surface area contributed by atoms with Crippen molar-refractivity contribution in [3.63, 3.8) is 0 Å². The van der Waals surface area contributed by atoms with Crippen LogP contribution in [-0.4, -0.2) is 43.7 Å². The van der Waals surface area contributed by atoms with Crippen LogP contribution in [0.2, 0.25) is 0 Å². The second kappa shape index (κ2) is 4.56. The van der Waals surface area contributed by atoms with Crippen molar-refractivity contribution >= 4 is 27.4 Å². The third-order valence-corrected chi connectivity index (χ3v) is 3.64. The van der Waals surface area contributed by atoms with Crippen molar-refractivity contribution < 1.29 is 0 Å². The molecule has 3 heterocycles. The molecule has 1 aliphatic rings. The van der Waals surface area contributed by atoms with E-state index >= 15 is 0 Å². The van der Waals surface area contributed by atoms with Crippen molar-refractivity contribution in [2.45, 2.75) is 12.8 Å². The van der Waals surface area contributed by atoms with Crippen LogP contribution in [0.4, 0.5) is 5.82 Å². The molecule has 1 saturated heterocycles. The Hall–Kier alpha value is -1.24. The van der Waals surface area contributed by atoms with E-state index in [-0.39, 0.29) is 0 Å². The van der Waals surface area contributed by atoms with Crippen LogP contribution in [0.1, 0.15) is 12.8 Å². The van der Waals surface area contributed by atoms with Crippen molar-refractivity contribution in [1.82, 2.24) is 25.3 Å². The highest BCUT2D eigenvalue weighted by atomic mass is 79.9. The summed E-state index contributed by atoms with van der Waals surface area (Å²) in [6, 6.07) is 3.89. The first kappa shape index (κ1) is 10.9. The Labute approximate surface area is 107 Å². The number of anilines is 1. The SMILES string of the molecule is BrCCC1CCN(c2ccc3nnnn3n2)C1. The third kappa shape index (κ3) is 2.11. The first-order chi connectivity index (χ1) is 8.36. The van der Waals surface area contributed by atoms with Crippen molar-refractivity contribution in [1.29, 1.82) is 0 Å². The fraction of sp³-hybridized carbons (Fsp3) is 0.600. The zero-order valence-corrected chi connectivity index (χ0v) is 10.9. The van der Waals surface area contributed by atoms with Gasteiger partial charge in [-0.05, 0) is 41.3 Å². The molecule has 0 saturated carbocycles. The first-order valence-corrected chi connectivity index (χ1v) is 6.85. The van der Waals surface area contributed by atoms with Crippen LogP contribution in [0, 0.1) is 5.92 Å². The summed E-state index contributed by atoms with van der Waals surface area (Å²) in [6.07, 6.45) is 2.46. The number of nitrogens with zero attached hydrogens (tertiary/aromatic N) is 6. The van der Waals surface area contributed by atoms with Gasteiger partial charge < -0.3 is 4.90 Å². The second-order valence-electron chi connectivity index (χ2n) is 4.30. The van der Waals surface area contributed by atoms with E-state index in [1.54, 1.807) is 0 Å². The van der Waals surface area contributed by atoms with Gasteiger partial charge in [0.1, 0.15) is 0 Å². The van der Waals surface area contributed by atoms with Gasteiger partial charge in [0.2, 0.25) is 0 Å². The van der Waals surface area contributed by atoms with Gasteiger partial charge in [0.15, 0.2) is 11.5 Å². The summed E-state index contributed by atoms with van der Waals surface area (Å²) in [5.74, 6) is 1.72. The Balaban J connectivity index is 1.80. The summed E-state index contributed by atoms with van der Waals surface area (Å²) in [6.45, 7) is 2.14. The average Bonchev–Trinajstić information content (AvgIpc) is 2.96. The molecule has 0 aromatic carbocycles. The quantitative estimate of drug-likeness (QED) is 0.795. The number of alkyl halides is 1. The number of halogens is 1. The summed E-state index contributed by atoms with van der Waals surface area (Å²) in [5, 5.41) is 16.7. The van der Waals surface area contributed by atoms with Gasteiger partial charge in [0, 0.05) is 18.4 Å². The molecule has 2 aromatic heterocycles. The summed E-state index contributed by atoms with van der Waals surface area (Å²) >= 11 is 3.50. The summed E-state index contributed by atoms with van der Waals surface area (Å²) in [5.41, 5.74) is 0.685. The maximum absolute atomic E-state index is 4.41. The van der Waals surface area contributed by atoms with Gasteiger partial charge in [-0.1, -0.05) is 15.9 Å². The van der Waals surface area contributed by atoms with Crippen LogP contribution in [0.15, 0.2) is 12.1 Å². The lowest BCUT2D eigenvalue weighted by atomic mass is 10.1. The molecule has 0 spiro atoms. The molecule has 1 fully saturated rings. The van der Waals surface area contributed by atoms with Crippen LogP contribution in [0.25, 0.3) is 5.65 Å². The maximum Gasteiger partial charge on any atom is 0.200 e. The molecule has 0 bridgehead atoms. The Morgan fingerprint density at radius 2 is 2.35 bits per heavy atom. The molecule has 0 aliphatic carbocycles. The standard InChI is InChI=1S/C10H13BrN6/c11-5-3-8-4-6-16(7-8)10-2-1-9-12-14-15-17(9)13-10/h1-2,8H,3-7H2. The fourth-order valence-electron chi connectivity index (χ4n) is 2.24. The molecule has 17 heavy (non-hydrogen) atoms. The van der Waals surface area contributed by atoms with E-state index in [1.165, 1.54) is 17.5 Å². The minimum Gasteiger partial charge on any atom is -0.355 e. The smallest absolute Gasteiger partial charge is 0.200 e. The normalized spacial score (nSPS) is 20.3. The summed E-state index contributed by atoms with van der Waals surface area (Å²) in [7, 11) is 0. The number of aromatic nitrogens is 5.